The van der Waals surface area contributed by atoms with Gasteiger partial charge in [0.1, 0.15) is 35.8 Å². The standard InChI is InChI=1S/C54H68F2N2O8/c1-2-30-64-54-49(58(35-38-20-23-41(55)24-21-38)50(61)27-22-37-13-3-4-14-37)34-47(57-66-51-19-9-12-31-62-51)44-32-39(15-7-10-28-59)43(17-8-11-29-60)52(53(44)54)45-33-42(25-26-48(45)65-54)63-36-40-16-5-6-18-46(40)56/h2,5-6,16,18,20-21,23-26,32-33,37,39,43,49,51-53,59-60H,1,3-4,7-15,17,19,22,27-31,34-36H2. The quantitative estimate of drug-likeness (QED) is 0.0581. The van der Waals surface area contributed by atoms with Gasteiger partial charge >= 0.3 is 0 Å². The zero-order valence-electron chi connectivity index (χ0n) is 38.3. The average molecular weight is 911 g/mol. The minimum Gasteiger partial charge on any atom is -0.489 e. The molecule has 1 saturated heterocycles. The van der Waals surface area contributed by atoms with Gasteiger partial charge in [-0.25, -0.2) is 8.78 Å². The van der Waals surface area contributed by atoms with E-state index in [0.717, 1.165) is 74.5 Å². The van der Waals surface area contributed by atoms with Crippen LogP contribution in [0.1, 0.15) is 125 Å². The monoisotopic (exact) mass is 910 g/mol. The molecule has 0 aromatic heterocycles. The highest BCUT2D eigenvalue weighted by Crippen LogP contribution is 2.62. The molecule has 3 aromatic rings. The predicted molar refractivity (Wildman–Crippen MR) is 249 cm³/mol. The van der Waals surface area contributed by atoms with Crippen molar-refractivity contribution in [1.29, 1.82) is 0 Å². The van der Waals surface area contributed by atoms with Crippen molar-refractivity contribution in [1.82, 2.24) is 4.90 Å². The fourth-order valence-electron chi connectivity index (χ4n) is 11.4. The van der Waals surface area contributed by atoms with Crippen LogP contribution in [0.25, 0.3) is 0 Å². The summed E-state index contributed by atoms with van der Waals surface area (Å²) in [6, 6.07) is 17.9. The lowest BCUT2D eigenvalue weighted by Gasteiger charge is -2.60. The van der Waals surface area contributed by atoms with Crippen LogP contribution in [-0.2, 0) is 32.3 Å². The number of halogens is 2. The number of hydrogen-bond acceptors (Lipinski definition) is 9. The molecule has 0 bridgehead atoms. The molecule has 0 radical (unpaired) electrons. The summed E-state index contributed by atoms with van der Waals surface area (Å²) in [5, 5.41) is 25.0. The second-order valence-corrected chi connectivity index (χ2v) is 18.9. The molecule has 3 fully saturated rings. The van der Waals surface area contributed by atoms with E-state index in [-0.39, 0.29) is 74.7 Å². The third kappa shape index (κ3) is 11.0. The topological polar surface area (TPSA) is 119 Å². The number of amides is 1. The number of unbranched alkanes of at least 4 members (excludes halogenated alkanes) is 2. The molecule has 5 aliphatic rings. The minimum absolute atomic E-state index is 0.00591. The first-order valence-electron chi connectivity index (χ1n) is 24.6. The van der Waals surface area contributed by atoms with Crippen molar-refractivity contribution in [2.75, 3.05) is 26.4 Å². The number of ether oxygens (including phenoxy) is 4. The Hall–Kier alpha value is -4.62. The molecule has 10 nitrogen and oxygen atoms in total. The first-order chi connectivity index (χ1) is 32.3. The van der Waals surface area contributed by atoms with Crippen molar-refractivity contribution in [3.63, 3.8) is 0 Å². The predicted octanol–water partition coefficient (Wildman–Crippen LogP) is 10.7. The third-order valence-electron chi connectivity index (χ3n) is 14.6. The molecule has 7 unspecified atom stereocenters. The summed E-state index contributed by atoms with van der Waals surface area (Å²) in [4.78, 5) is 23.4. The van der Waals surface area contributed by atoms with Gasteiger partial charge < -0.3 is 38.9 Å². The SMILES string of the molecule is C=CCOC12Oc3ccc(OCc4ccccc4F)cc3C3C(CCCCO)C(CCCCO)C=C(C(=NOC4CCCCO4)CC1N(Cc1ccc(F)cc1)C(=O)CCC1CCCC1)C32. The molecule has 12 heteroatoms. The zero-order chi connectivity index (χ0) is 45.9. The molecular formula is C54H68F2N2O8. The molecule has 356 valence electrons. The highest BCUT2D eigenvalue weighted by Gasteiger charge is 2.65. The van der Waals surface area contributed by atoms with E-state index >= 15 is 4.79 Å². The molecule has 2 N–H and O–H groups in total. The fraction of sp³-hybridized carbons (Fsp3) is 0.556. The number of aliphatic hydroxyl groups is 2. The molecule has 2 saturated carbocycles. The van der Waals surface area contributed by atoms with Crippen LogP contribution in [0.5, 0.6) is 11.5 Å². The van der Waals surface area contributed by atoms with Gasteiger partial charge in [0.2, 0.25) is 18.0 Å². The first-order valence-corrected chi connectivity index (χ1v) is 24.6. The minimum atomic E-state index is -1.46. The smallest absolute Gasteiger partial charge is 0.239 e. The Morgan fingerprint density at radius 2 is 1.70 bits per heavy atom. The summed E-state index contributed by atoms with van der Waals surface area (Å²) >= 11 is 0. The third-order valence-corrected chi connectivity index (χ3v) is 14.6. The van der Waals surface area contributed by atoms with Gasteiger partial charge in [-0.15, -0.1) is 6.58 Å². The lowest BCUT2D eigenvalue weighted by Crippen LogP contribution is -2.70. The maximum atomic E-state index is 15.2. The van der Waals surface area contributed by atoms with E-state index in [0.29, 0.717) is 61.0 Å². The van der Waals surface area contributed by atoms with Crippen LogP contribution in [0.15, 0.2) is 96.2 Å². The number of allylic oxidation sites excluding steroid dienone is 1. The molecule has 3 aromatic carbocycles. The number of hydrogen-bond donors (Lipinski definition) is 2. The lowest BCUT2D eigenvalue weighted by molar-refractivity contribution is -0.258. The Balaban J connectivity index is 1.31. The van der Waals surface area contributed by atoms with E-state index in [4.69, 9.17) is 28.9 Å². The van der Waals surface area contributed by atoms with Crippen LogP contribution < -0.4 is 9.47 Å². The van der Waals surface area contributed by atoms with E-state index in [9.17, 15) is 19.0 Å². The molecule has 8 rings (SSSR count). The summed E-state index contributed by atoms with van der Waals surface area (Å²) < 4.78 is 56.3. The Kier molecular flexibility index (Phi) is 16.6. The number of aliphatic hydroxyl groups excluding tert-OH is 2. The number of benzene rings is 3. The summed E-state index contributed by atoms with van der Waals surface area (Å²) in [5.74, 6) is -1.32. The van der Waals surface area contributed by atoms with Crippen LogP contribution in [-0.4, -0.2) is 71.3 Å². The molecule has 3 aliphatic carbocycles. The van der Waals surface area contributed by atoms with Crippen molar-refractivity contribution in [3.8, 4) is 11.5 Å². The molecule has 1 amide bonds. The number of nitrogens with zero attached hydrogens (tertiary/aromatic N) is 2. The van der Waals surface area contributed by atoms with E-state index in [1.807, 2.05) is 23.1 Å². The molecule has 0 spiro atoms. The van der Waals surface area contributed by atoms with E-state index in [2.05, 4.69) is 12.7 Å². The Bertz CT molecular complexity index is 2140. The van der Waals surface area contributed by atoms with Gasteiger partial charge in [0.15, 0.2) is 0 Å². The van der Waals surface area contributed by atoms with Crippen LogP contribution in [0.2, 0.25) is 0 Å². The number of oxime groups is 1. The number of fused-ring (bicyclic) bond motifs is 2. The largest absolute Gasteiger partial charge is 0.489 e. The van der Waals surface area contributed by atoms with Gasteiger partial charge in [0.05, 0.1) is 24.8 Å². The Morgan fingerprint density at radius 3 is 2.44 bits per heavy atom. The lowest BCUT2D eigenvalue weighted by atomic mass is 9.55. The van der Waals surface area contributed by atoms with Gasteiger partial charge in [0.25, 0.3) is 0 Å². The van der Waals surface area contributed by atoms with Crippen molar-refractivity contribution in [3.05, 3.63) is 119 Å². The maximum absolute atomic E-state index is 15.2. The molecule has 66 heavy (non-hydrogen) atoms. The van der Waals surface area contributed by atoms with Gasteiger partial charge in [0, 0.05) is 56.1 Å². The molecule has 2 aliphatic heterocycles. The normalized spacial score (nSPS) is 26.5. The number of carbonyl (C=O) groups is 1. The Morgan fingerprint density at radius 1 is 0.924 bits per heavy atom. The van der Waals surface area contributed by atoms with E-state index in [1.165, 1.54) is 31.0 Å². The summed E-state index contributed by atoms with van der Waals surface area (Å²) in [7, 11) is 0. The van der Waals surface area contributed by atoms with Crippen molar-refractivity contribution in [2.45, 2.75) is 140 Å². The summed E-state index contributed by atoms with van der Waals surface area (Å²) in [6.45, 7) is 5.15. The summed E-state index contributed by atoms with van der Waals surface area (Å²) in [5.41, 5.74) is 3.73. The maximum Gasteiger partial charge on any atom is 0.239 e. The number of carbonyl (C=O) groups excluding carboxylic acids is 1. The van der Waals surface area contributed by atoms with Crippen molar-refractivity contribution >= 4 is 11.6 Å². The second-order valence-electron chi connectivity index (χ2n) is 18.9. The highest BCUT2D eigenvalue weighted by molar-refractivity contribution is 6.03. The average Bonchev–Trinajstić information content (AvgIpc) is 3.87. The van der Waals surface area contributed by atoms with Crippen molar-refractivity contribution in [2.24, 2.45) is 28.8 Å². The van der Waals surface area contributed by atoms with Gasteiger partial charge in [-0.2, -0.15) is 0 Å². The van der Waals surface area contributed by atoms with Crippen molar-refractivity contribution < 1.29 is 47.6 Å². The molecule has 2 heterocycles. The van der Waals surface area contributed by atoms with Crippen LogP contribution in [0.4, 0.5) is 8.78 Å². The fourth-order valence-corrected chi connectivity index (χ4v) is 11.4. The Labute approximate surface area is 389 Å². The van der Waals surface area contributed by atoms with Crippen LogP contribution in [0.3, 0.4) is 0 Å². The summed E-state index contributed by atoms with van der Waals surface area (Å²) in [6.07, 6.45) is 16.5. The van der Waals surface area contributed by atoms with Gasteiger partial charge in [-0.3, -0.25) is 4.79 Å². The van der Waals surface area contributed by atoms with E-state index < -0.39 is 24.0 Å². The van der Waals surface area contributed by atoms with Crippen LogP contribution >= 0.6 is 0 Å². The number of rotatable bonds is 22. The first kappa shape index (κ1) is 47.9. The second kappa shape index (κ2) is 22.9. The van der Waals surface area contributed by atoms with E-state index in [1.54, 1.807) is 36.4 Å². The molecular weight excluding hydrogens is 843 g/mol. The zero-order valence-corrected chi connectivity index (χ0v) is 38.3. The van der Waals surface area contributed by atoms with Gasteiger partial charge in [-0.1, -0.05) is 86.2 Å². The van der Waals surface area contributed by atoms with Crippen LogP contribution in [0, 0.1) is 35.3 Å². The molecule has 7 atom stereocenters. The highest BCUT2D eigenvalue weighted by atomic mass is 19.1. The van der Waals surface area contributed by atoms with Gasteiger partial charge in [-0.05, 0) is 110 Å².